The normalized spacial score (nSPS) is 12.8. The van der Waals surface area contributed by atoms with Gasteiger partial charge in [-0.3, -0.25) is 4.40 Å². The number of rotatable bonds is 2. The Morgan fingerprint density at radius 3 is 2.80 bits per heavy atom. The Morgan fingerprint density at radius 1 is 1.53 bits per heavy atom. The van der Waals surface area contributed by atoms with Crippen molar-refractivity contribution in [1.82, 2.24) is 13.7 Å². The zero-order chi connectivity index (χ0) is 11.2. The molecular formula is C7H8ClN3O2S2. The summed E-state index contributed by atoms with van der Waals surface area (Å²) in [5.74, 6) is 0. The van der Waals surface area contributed by atoms with Crippen LogP contribution in [0.3, 0.4) is 0 Å². The lowest BCUT2D eigenvalue weighted by molar-refractivity contribution is 0.516. The van der Waals surface area contributed by atoms with Gasteiger partial charge in [0.05, 0.1) is 0 Å². The van der Waals surface area contributed by atoms with E-state index >= 15 is 0 Å². The van der Waals surface area contributed by atoms with Crippen LogP contribution in [0.25, 0.3) is 4.96 Å². The summed E-state index contributed by atoms with van der Waals surface area (Å²) in [6.07, 6.45) is 1.63. The van der Waals surface area contributed by atoms with Crippen molar-refractivity contribution in [2.45, 2.75) is 5.03 Å². The minimum absolute atomic E-state index is 0.00977. The smallest absolute Gasteiger partial charge is 0.261 e. The van der Waals surface area contributed by atoms with Gasteiger partial charge in [-0.1, -0.05) is 11.6 Å². The van der Waals surface area contributed by atoms with Crippen molar-refractivity contribution in [3.8, 4) is 0 Å². The first-order valence-electron chi connectivity index (χ1n) is 3.98. The lowest BCUT2D eigenvalue weighted by Gasteiger charge is -2.09. The van der Waals surface area contributed by atoms with Gasteiger partial charge in [-0.25, -0.2) is 17.7 Å². The summed E-state index contributed by atoms with van der Waals surface area (Å²) >= 11 is 7.14. The largest absolute Gasteiger partial charge is 0.279 e. The maximum Gasteiger partial charge on any atom is 0.261 e. The van der Waals surface area contributed by atoms with E-state index in [0.29, 0.717) is 4.96 Å². The summed E-state index contributed by atoms with van der Waals surface area (Å²) in [5, 5.41) is 1.79. The maximum atomic E-state index is 11.9. The predicted octanol–water partition coefficient (Wildman–Crippen LogP) is 1.30. The fraction of sp³-hybridized carbons (Fsp3) is 0.286. The van der Waals surface area contributed by atoms with Gasteiger partial charge >= 0.3 is 0 Å². The van der Waals surface area contributed by atoms with Crippen LogP contribution in [0.4, 0.5) is 0 Å². The first-order chi connectivity index (χ1) is 6.94. The highest BCUT2D eigenvalue weighted by molar-refractivity contribution is 7.89. The molecule has 0 fully saturated rings. The predicted molar refractivity (Wildman–Crippen MR) is 59.0 cm³/mol. The number of fused-ring (bicyclic) bond motifs is 1. The van der Waals surface area contributed by atoms with E-state index in [1.807, 2.05) is 0 Å². The third-order valence-corrected chi connectivity index (χ3v) is 4.88. The first kappa shape index (κ1) is 10.9. The summed E-state index contributed by atoms with van der Waals surface area (Å²) in [5.41, 5.74) is 0. The molecule has 0 N–H and O–H groups in total. The van der Waals surface area contributed by atoms with Crippen LogP contribution in [0.2, 0.25) is 5.15 Å². The van der Waals surface area contributed by atoms with Crippen LogP contribution in [-0.4, -0.2) is 36.2 Å². The molecule has 2 heterocycles. The molecule has 2 rings (SSSR count). The number of nitrogens with zero attached hydrogens (tertiary/aromatic N) is 3. The van der Waals surface area contributed by atoms with E-state index in [4.69, 9.17) is 11.6 Å². The summed E-state index contributed by atoms with van der Waals surface area (Å²) in [6.45, 7) is 0. The van der Waals surface area contributed by atoms with Gasteiger partial charge in [-0.15, -0.1) is 11.3 Å². The average molecular weight is 266 g/mol. The SMILES string of the molecule is CN(C)S(=O)(=O)c1c(Cl)nc2sccn12. The van der Waals surface area contributed by atoms with Crippen molar-refractivity contribution < 1.29 is 8.42 Å². The summed E-state index contributed by atoms with van der Waals surface area (Å²) in [7, 11) is -0.641. The van der Waals surface area contributed by atoms with Crippen molar-refractivity contribution in [2.75, 3.05) is 14.1 Å². The molecule has 0 atom stereocenters. The molecule has 0 radical (unpaired) electrons. The van der Waals surface area contributed by atoms with Crippen LogP contribution in [0.5, 0.6) is 0 Å². The number of halogens is 1. The highest BCUT2D eigenvalue weighted by atomic mass is 35.5. The molecule has 0 spiro atoms. The van der Waals surface area contributed by atoms with Gasteiger partial charge in [0.15, 0.2) is 15.1 Å². The molecule has 0 amide bonds. The molecule has 0 aromatic carbocycles. The van der Waals surface area contributed by atoms with Crippen LogP contribution < -0.4 is 0 Å². The number of hydrogen-bond donors (Lipinski definition) is 0. The highest BCUT2D eigenvalue weighted by Crippen LogP contribution is 2.26. The lowest BCUT2D eigenvalue weighted by atomic mass is 10.9. The molecule has 5 nitrogen and oxygen atoms in total. The highest BCUT2D eigenvalue weighted by Gasteiger charge is 2.26. The zero-order valence-electron chi connectivity index (χ0n) is 8.01. The topological polar surface area (TPSA) is 54.7 Å². The van der Waals surface area contributed by atoms with E-state index < -0.39 is 10.0 Å². The third-order valence-electron chi connectivity index (χ3n) is 1.90. The minimum atomic E-state index is -3.55. The fourth-order valence-corrected chi connectivity index (χ4v) is 3.43. The Morgan fingerprint density at radius 2 is 2.20 bits per heavy atom. The van der Waals surface area contributed by atoms with Crippen molar-refractivity contribution in [3.05, 3.63) is 16.7 Å². The van der Waals surface area contributed by atoms with Gasteiger partial charge in [0, 0.05) is 25.7 Å². The molecule has 0 aliphatic rings. The minimum Gasteiger partial charge on any atom is -0.279 e. The van der Waals surface area contributed by atoms with E-state index in [9.17, 15) is 8.42 Å². The van der Waals surface area contributed by atoms with Crippen LogP contribution in [-0.2, 0) is 10.0 Å². The fourth-order valence-electron chi connectivity index (χ4n) is 1.14. The lowest BCUT2D eigenvalue weighted by Crippen LogP contribution is -2.23. The Hall–Kier alpha value is -0.630. The molecule has 15 heavy (non-hydrogen) atoms. The van der Waals surface area contributed by atoms with E-state index in [1.54, 1.807) is 11.6 Å². The molecule has 82 valence electrons. The van der Waals surface area contributed by atoms with Gasteiger partial charge in [0.2, 0.25) is 0 Å². The molecule has 0 saturated carbocycles. The Labute approximate surface area is 96.0 Å². The summed E-state index contributed by atoms with van der Waals surface area (Å²) in [6, 6.07) is 0. The molecule has 0 bridgehead atoms. The van der Waals surface area contributed by atoms with Crippen molar-refractivity contribution in [2.24, 2.45) is 0 Å². The average Bonchev–Trinajstić information content (AvgIpc) is 2.61. The number of aromatic nitrogens is 2. The maximum absolute atomic E-state index is 11.9. The number of thiazole rings is 1. The third kappa shape index (κ3) is 1.55. The van der Waals surface area contributed by atoms with Crippen LogP contribution >= 0.6 is 22.9 Å². The van der Waals surface area contributed by atoms with Gasteiger partial charge < -0.3 is 0 Å². The monoisotopic (exact) mass is 265 g/mol. The Balaban J connectivity index is 2.81. The second kappa shape index (κ2) is 3.44. The van der Waals surface area contributed by atoms with Crippen LogP contribution in [0.15, 0.2) is 16.6 Å². The first-order valence-corrected chi connectivity index (χ1v) is 6.68. The van der Waals surface area contributed by atoms with Crippen molar-refractivity contribution in [3.63, 3.8) is 0 Å². The van der Waals surface area contributed by atoms with E-state index in [1.165, 1.54) is 29.8 Å². The number of imidazole rings is 1. The number of sulfonamides is 1. The summed E-state index contributed by atoms with van der Waals surface area (Å²) in [4.78, 5) is 4.53. The quantitative estimate of drug-likeness (QED) is 0.822. The molecule has 2 aromatic heterocycles. The van der Waals surface area contributed by atoms with Crippen LogP contribution in [0.1, 0.15) is 0 Å². The van der Waals surface area contributed by atoms with Gasteiger partial charge in [-0.05, 0) is 0 Å². The molecule has 2 aromatic rings. The van der Waals surface area contributed by atoms with Crippen molar-refractivity contribution >= 4 is 37.9 Å². The van der Waals surface area contributed by atoms with E-state index in [-0.39, 0.29) is 10.2 Å². The molecule has 8 heteroatoms. The Kier molecular flexibility index (Phi) is 2.50. The van der Waals surface area contributed by atoms with Gasteiger partial charge in [-0.2, -0.15) is 0 Å². The van der Waals surface area contributed by atoms with Gasteiger partial charge in [0.1, 0.15) is 0 Å². The molecule has 0 unspecified atom stereocenters. The standard InChI is InChI=1S/C7H8ClN3O2S2/c1-10(2)15(12,13)6-5(8)9-7-11(6)3-4-14-7/h3-4H,1-2H3. The van der Waals surface area contributed by atoms with Crippen LogP contribution in [0, 0.1) is 0 Å². The Bertz CT molecular complexity index is 599. The molecule has 0 aliphatic heterocycles. The molecular weight excluding hydrogens is 258 g/mol. The van der Waals surface area contributed by atoms with E-state index in [0.717, 1.165) is 4.31 Å². The second-order valence-electron chi connectivity index (χ2n) is 3.05. The van der Waals surface area contributed by atoms with Gasteiger partial charge in [0.25, 0.3) is 10.0 Å². The van der Waals surface area contributed by atoms with Crippen molar-refractivity contribution in [1.29, 1.82) is 0 Å². The molecule has 0 aliphatic carbocycles. The van der Waals surface area contributed by atoms with E-state index in [2.05, 4.69) is 4.98 Å². The zero-order valence-corrected chi connectivity index (χ0v) is 10.4. The summed E-state index contributed by atoms with van der Waals surface area (Å²) < 4.78 is 26.4. The number of hydrogen-bond acceptors (Lipinski definition) is 4. The second-order valence-corrected chi connectivity index (χ2v) is 6.35. The molecule has 0 saturated heterocycles.